The molecule has 1 aliphatic rings. The van der Waals surface area contributed by atoms with Crippen LogP contribution in [0.15, 0.2) is 0 Å². The minimum Gasteiger partial charge on any atom is -0.447 e. The Hall–Kier alpha value is -0.990. The normalized spacial score (nSPS) is 18.8. The fraction of sp³-hybridized carbons (Fsp3) is 0.905. The van der Waals surface area contributed by atoms with Crippen molar-refractivity contribution in [3.63, 3.8) is 0 Å². The molecule has 1 fully saturated rings. The van der Waals surface area contributed by atoms with Gasteiger partial charge in [0.05, 0.1) is 27.7 Å². The lowest BCUT2D eigenvalue weighted by molar-refractivity contribution is -0.870. The van der Waals surface area contributed by atoms with Crippen molar-refractivity contribution < 1.29 is 37.3 Å². The third-order valence-electron chi connectivity index (χ3n) is 5.17. The number of carbonyl (C=O) groups is 2. The highest BCUT2D eigenvalue weighted by molar-refractivity contribution is 7.47. The van der Waals surface area contributed by atoms with E-state index in [0.29, 0.717) is 17.4 Å². The Bertz CT molecular complexity index is 595. The summed E-state index contributed by atoms with van der Waals surface area (Å²) in [7, 11) is 1.54. The predicted molar refractivity (Wildman–Crippen MR) is 118 cm³/mol. The molecule has 2 unspecified atom stereocenters. The van der Waals surface area contributed by atoms with Crippen LogP contribution in [0.25, 0.3) is 0 Å². The topological polar surface area (TPSA) is 102 Å². The molecule has 10 heteroatoms. The zero-order valence-electron chi connectivity index (χ0n) is 19.7. The Morgan fingerprint density at radius 2 is 1.68 bits per heavy atom. The van der Waals surface area contributed by atoms with E-state index < -0.39 is 20.0 Å². The van der Waals surface area contributed by atoms with Gasteiger partial charge in [-0.25, -0.2) is 14.3 Å². The first-order valence-electron chi connectivity index (χ1n) is 11.5. The van der Waals surface area contributed by atoms with E-state index in [1.54, 1.807) is 0 Å². The Morgan fingerprint density at radius 3 is 2.26 bits per heavy atom. The van der Waals surface area contributed by atoms with Gasteiger partial charge in [-0.05, 0) is 6.42 Å². The molecule has 0 spiro atoms. The molecule has 1 saturated heterocycles. The average Bonchev–Trinajstić information content (AvgIpc) is 3.04. The first-order chi connectivity index (χ1) is 14.6. The van der Waals surface area contributed by atoms with Crippen LogP contribution in [0.2, 0.25) is 0 Å². The summed E-state index contributed by atoms with van der Waals surface area (Å²) in [5.74, 6) is -0.335. The van der Waals surface area contributed by atoms with Crippen LogP contribution in [0.4, 0.5) is 4.79 Å². The molecule has 1 aliphatic heterocycles. The lowest BCUT2D eigenvalue weighted by atomic mass is 10.1. The van der Waals surface area contributed by atoms with Gasteiger partial charge in [0.15, 0.2) is 0 Å². The summed E-state index contributed by atoms with van der Waals surface area (Å²) >= 11 is 0. The van der Waals surface area contributed by atoms with Crippen molar-refractivity contribution in [1.29, 1.82) is 0 Å². The van der Waals surface area contributed by atoms with E-state index in [2.05, 4.69) is 6.92 Å². The summed E-state index contributed by atoms with van der Waals surface area (Å²) in [6.45, 7) is 2.43. The van der Waals surface area contributed by atoms with Gasteiger partial charge in [-0.1, -0.05) is 58.3 Å². The highest BCUT2D eigenvalue weighted by atomic mass is 31.2. The first kappa shape index (κ1) is 28.0. The molecular weight excluding hydrogens is 423 g/mol. The second kappa shape index (κ2) is 14.2. The Balaban J connectivity index is 2.31. The number of imide groups is 1. The lowest BCUT2D eigenvalue weighted by Crippen LogP contribution is -2.41. The first-order valence-corrected chi connectivity index (χ1v) is 13.0. The Morgan fingerprint density at radius 1 is 1.10 bits per heavy atom. The largest absolute Gasteiger partial charge is 0.472 e. The second-order valence-corrected chi connectivity index (χ2v) is 10.6. The molecule has 0 saturated carbocycles. The molecule has 0 radical (unpaired) electrons. The highest BCUT2D eigenvalue weighted by Gasteiger charge is 2.39. The van der Waals surface area contributed by atoms with Crippen LogP contribution >= 0.6 is 7.82 Å². The molecule has 182 valence electrons. The fourth-order valence-electron chi connectivity index (χ4n) is 3.24. The van der Waals surface area contributed by atoms with Crippen molar-refractivity contribution >= 4 is 19.8 Å². The zero-order valence-corrected chi connectivity index (χ0v) is 20.6. The molecule has 0 aliphatic carbocycles. The Labute approximate surface area is 187 Å². The maximum Gasteiger partial charge on any atom is 0.472 e. The number of carbonyl (C=O) groups excluding carboxylic acids is 2. The van der Waals surface area contributed by atoms with Crippen LogP contribution in [-0.2, 0) is 23.1 Å². The van der Waals surface area contributed by atoms with Crippen LogP contribution in [0, 0.1) is 0 Å². The van der Waals surface area contributed by atoms with Gasteiger partial charge in [-0.3, -0.25) is 13.8 Å². The van der Waals surface area contributed by atoms with Crippen molar-refractivity contribution in [2.24, 2.45) is 0 Å². The van der Waals surface area contributed by atoms with Gasteiger partial charge in [0, 0.05) is 6.42 Å². The summed E-state index contributed by atoms with van der Waals surface area (Å²) in [5.41, 5.74) is 0. The van der Waals surface area contributed by atoms with Crippen molar-refractivity contribution in [3.8, 4) is 0 Å². The number of rotatable bonds is 17. The number of amides is 2. The molecule has 2 atom stereocenters. The van der Waals surface area contributed by atoms with Gasteiger partial charge < -0.3 is 14.1 Å². The van der Waals surface area contributed by atoms with Crippen LogP contribution in [0.1, 0.15) is 71.1 Å². The maximum absolute atomic E-state index is 12.5. The molecule has 1 heterocycles. The molecule has 1 N–H and O–H groups in total. The quantitative estimate of drug-likeness (QED) is 0.196. The number of phosphoric acid groups is 1. The number of hydrogen-bond acceptors (Lipinski definition) is 6. The smallest absolute Gasteiger partial charge is 0.447 e. The predicted octanol–water partition coefficient (Wildman–Crippen LogP) is 4.09. The van der Waals surface area contributed by atoms with Crippen LogP contribution in [0.3, 0.4) is 0 Å². The van der Waals surface area contributed by atoms with Gasteiger partial charge in [0.25, 0.3) is 0 Å². The third-order valence-corrected chi connectivity index (χ3v) is 6.15. The van der Waals surface area contributed by atoms with Crippen LogP contribution < -0.4 is 0 Å². The van der Waals surface area contributed by atoms with Crippen molar-refractivity contribution in [3.05, 3.63) is 0 Å². The lowest BCUT2D eigenvalue weighted by Gasteiger charge is -2.24. The minimum absolute atomic E-state index is 0.0542. The van der Waals surface area contributed by atoms with E-state index in [4.69, 9.17) is 13.8 Å². The van der Waals surface area contributed by atoms with Crippen molar-refractivity contribution in [2.75, 3.05) is 47.5 Å². The number of nitrogens with zero attached hydrogens (tertiary/aromatic N) is 2. The fourth-order valence-corrected chi connectivity index (χ4v) is 3.99. The van der Waals surface area contributed by atoms with E-state index >= 15 is 0 Å². The van der Waals surface area contributed by atoms with Crippen LogP contribution in [-0.4, -0.2) is 79.8 Å². The summed E-state index contributed by atoms with van der Waals surface area (Å²) in [5, 5.41) is 0. The highest BCUT2D eigenvalue weighted by Crippen LogP contribution is 2.43. The number of unbranched alkanes of at least 4 members (excludes halogenated alkanes) is 8. The second-order valence-electron chi connectivity index (χ2n) is 9.18. The number of hydrogen-bond donors (Lipinski definition) is 1. The molecule has 1 rings (SSSR count). The van der Waals surface area contributed by atoms with Gasteiger partial charge in [-0.15, -0.1) is 0 Å². The van der Waals surface area contributed by atoms with Gasteiger partial charge >= 0.3 is 13.9 Å². The molecule has 0 aromatic heterocycles. The third kappa shape index (κ3) is 12.6. The molecule has 0 bridgehead atoms. The standard InChI is InChI=1S/C21H41N2O7P/c1-5-6-7-8-9-10-11-12-13-14-20(24)22-19(17-28-21(22)25)18-30-31(26,27)29-16-15-23(2,3)4/h19H,5-18H2,1-4H3/p+1. The van der Waals surface area contributed by atoms with E-state index in [9.17, 15) is 19.0 Å². The molecule has 9 nitrogen and oxygen atoms in total. The maximum atomic E-state index is 12.5. The van der Waals surface area contributed by atoms with E-state index in [1.807, 2.05) is 21.1 Å². The molecular formula is C21H42N2O7P+. The summed E-state index contributed by atoms with van der Waals surface area (Å²) in [6.07, 6.45) is 9.72. The molecule has 0 aromatic rings. The van der Waals surface area contributed by atoms with Crippen molar-refractivity contribution in [2.45, 2.75) is 77.2 Å². The summed E-state index contributed by atoms with van der Waals surface area (Å²) in [6, 6.07) is -0.721. The molecule has 0 aromatic carbocycles. The average molecular weight is 466 g/mol. The zero-order chi connectivity index (χ0) is 23.3. The number of phosphoric ester groups is 1. The molecule has 2 amide bonds. The Kier molecular flexibility index (Phi) is 12.9. The summed E-state index contributed by atoms with van der Waals surface area (Å²) < 4.78 is 27.5. The number of ether oxygens (including phenoxy) is 1. The minimum atomic E-state index is -4.27. The van der Waals surface area contributed by atoms with E-state index in [1.165, 1.54) is 38.5 Å². The van der Waals surface area contributed by atoms with Gasteiger partial charge in [0.1, 0.15) is 25.8 Å². The summed E-state index contributed by atoms with van der Waals surface area (Å²) in [4.78, 5) is 35.3. The number of quaternary nitrogens is 1. The number of cyclic esters (lactones) is 1. The molecule has 31 heavy (non-hydrogen) atoms. The monoisotopic (exact) mass is 465 g/mol. The van der Waals surface area contributed by atoms with E-state index in [-0.39, 0.29) is 32.1 Å². The SMILES string of the molecule is CCCCCCCCCCCC(=O)N1C(=O)OCC1COP(=O)(O)OCC[N+](C)(C)C. The van der Waals surface area contributed by atoms with Gasteiger partial charge in [-0.2, -0.15) is 0 Å². The van der Waals surface area contributed by atoms with E-state index in [0.717, 1.165) is 17.7 Å². The van der Waals surface area contributed by atoms with Crippen molar-refractivity contribution in [1.82, 2.24) is 4.90 Å². The number of likely N-dealkylation sites (N-methyl/N-ethyl adjacent to an activating group) is 1. The van der Waals surface area contributed by atoms with Gasteiger partial charge in [0.2, 0.25) is 5.91 Å². The van der Waals surface area contributed by atoms with Crippen LogP contribution in [0.5, 0.6) is 0 Å².